The molecular weight excluding hydrogens is 258 g/mol. The van der Waals surface area contributed by atoms with Crippen molar-refractivity contribution in [2.24, 2.45) is 0 Å². The minimum Gasteiger partial charge on any atom is -0.446 e. The van der Waals surface area contributed by atoms with Crippen LogP contribution < -0.4 is 10.0 Å². The Morgan fingerprint density at radius 3 is 2.67 bits per heavy atom. The van der Waals surface area contributed by atoms with Crippen LogP contribution in [0.3, 0.4) is 0 Å². The first-order chi connectivity index (χ1) is 8.33. The van der Waals surface area contributed by atoms with E-state index in [-0.39, 0.29) is 12.1 Å². The fourth-order valence-electron chi connectivity index (χ4n) is 1.76. The van der Waals surface area contributed by atoms with Crippen molar-refractivity contribution in [3.63, 3.8) is 0 Å². The van der Waals surface area contributed by atoms with E-state index < -0.39 is 16.3 Å². The SMILES string of the molecule is CC(C)OC(=O)NS(=O)(=O)N(C)C1CCCNC1. The minimum absolute atomic E-state index is 0.136. The van der Waals surface area contributed by atoms with E-state index >= 15 is 0 Å². The quantitative estimate of drug-likeness (QED) is 0.759. The number of rotatable bonds is 4. The lowest BCUT2D eigenvalue weighted by Gasteiger charge is -2.30. The number of hydrogen-bond donors (Lipinski definition) is 2. The van der Waals surface area contributed by atoms with Crippen molar-refractivity contribution in [1.82, 2.24) is 14.3 Å². The van der Waals surface area contributed by atoms with Gasteiger partial charge >= 0.3 is 16.3 Å². The summed E-state index contributed by atoms with van der Waals surface area (Å²) in [7, 11) is -2.38. The fraction of sp³-hybridized carbons (Fsp3) is 0.900. The number of hydrogen-bond acceptors (Lipinski definition) is 5. The summed E-state index contributed by atoms with van der Waals surface area (Å²) < 4.78 is 31.6. The molecule has 1 amide bonds. The summed E-state index contributed by atoms with van der Waals surface area (Å²) in [5.41, 5.74) is 0. The molecule has 1 fully saturated rings. The third kappa shape index (κ3) is 4.43. The van der Waals surface area contributed by atoms with E-state index in [0.717, 1.165) is 19.4 Å². The molecule has 0 spiro atoms. The Balaban J connectivity index is 2.58. The van der Waals surface area contributed by atoms with Gasteiger partial charge in [-0.2, -0.15) is 12.7 Å². The minimum atomic E-state index is -3.84. The second-order valence-corrected chi connectivity index (χ2v) is 6.31. The van der Waals surface area contributed by atoms with Gasteiger partial charge in [-0.05, 0) is 33.2 Å². The molecule has 0 aliphatic carbocycles. The molecule has 0 saturated carbocycles. The van der Waals surface area contributed by atoms with Gasteiger partial charge in [0, 0.05) is 19.6 Å². The number of nitrogens with one attached hydrogen (secondary N) is 2. The van der Waals surface area contributed by atoms with E-state index in [4.69, 9.17) is 4.74 Å². The van der Waals surface area contributed by atoms with Crippen LogP contribution in [0.2, 0.25) is 0 Å². The van der Waals surface area contributed by atoms with Gasteiger partial charge in [0.25, 0.3) is 0 Å². The molecule has 1 atom stereocenters. The van der Waals surface area contributed by atoms with E-state index in [9.17, 15) is 13.2 Å². The van der Waals surface area contributed by atoms with Crippen LogP contribution in [0.4, 0.5) is 4.79 Å². The molecule has 1 unspecified atom stereocenters. The molecule has 1 aliphatic rings. The van der Waals surface area contributed by atoms with E-state index in [2.05, 4.69) is 5.32 Å². The Morgan fingerprint density at radius 1 is 1.50 bits per heavy atom. The normalized spacial score (nSPS) is 21.1. The number of amides is 1. The Kier molecular flexibility index (Phi) is 5.36. The topological polar surface area (TPSA) is 87.7 Å². The molecule has 1 aliphatic heterocycles. The van der Waals surface area contributed by atoms with Gasteiger partial charge in [-0.25, -0.2) is 9.52 Å². The molecule has 0 bridgehead atoms. The lowest BCUT2D eigenvalue weighted by atomic mass is 10.1. The van der Waals surface area contributed by atoms with Crippen LogP contribution >= 0.6 is 0 Å². The molecule has 18 heavy (non-hydrogen) atoms. The summed E-state index contributed by atoms with van der Waals surface area (Å²) in [6.07, 6.45) is 0.396. The molecule has 7 nitrogen and oxygen atoms in total. The Bertz CT molecular complexity index is 377. The summed E-state index contributed by atoms with van der Waals surface area (Å²) in [4.78, 5) is 11.3. The molecule has 0 radical (unpaired) electrons. The molecule has 0 aromatic carbocycles. The highest BCUT2D eigenvalue weighted by Gasteiger charge is 2.29. The van der Waals surface area contributed by atoms with Crippen LogP contribution in [0, 0.1) is 0 Å². The van der Waals surface area contributed by atoms with E-state index in [0.29, 0.717) is 6.54 Å². The zero-order valence-electron chi connectivity index (χ0n) is 11.0. The van der Waals surface area contributed by atoms with Gasteiger partial charge in [0.05, 0.1) is 6.10 Å². The number of piperidine rings is 1. The highest BCUT2D eigenvalue weighted by atomic mass is 32.2. The van der Waals surface area contributed by atoms with Crippen LogP contribution in [0.25, 0.3) is 0 Å². The van der Waals surface area contributed by atoms with Crippen molar-refractivity contribution in [3.8, 4) is 0 Å². The van der Waals surface area contributed by atoms with Crippen LogP contribution in [0.15, 0.2) is 0 Å². The summed E-state index contributed by atoms with van der Waals surface area (Å²) in [6, 6.07) is -0.136. The van der Waals surface area contributed by atoms with Crippen LogP contribution in [0.5, 0.6) is 0 Å². The fourth-order valence-corrected chi connectivity index (χ4v) is 2.73. The smallest absolute Gasteiger partial charge is 0.422 e. The van der Waals surface area contributed by atoms with Crippen LogP contribution in [-0.2, 0) is 14.9 Å². The Hall–Kier alpha value is -0.860. The standard InChI is InChI=1S/C10H21N3O4S/c1-8(2)17-10(14)12-18(15,16)13(3)9-5-4-6-11-7-9/h8-9,11H,4-7H2,1-3H3,(H,12,14). The lowest BCUT2D eigenvalue weighted by molar-refractivity contribution is 0.120. The zero-order chi connectivity index (χ0) is 13.8. The number of carbonyl (C=O) groups excluding carboxylic acids is 1. The van der Waals surface area contributed by atoms with Crippen LogP contribution in [-0.4, -0.2) is 51.1 Å². The number of likely N-dealkylation sites (N-methyl/N-ethyl adjacent to an activating group) is 1. The average Bonchev–Trinajstić information content (AvgIpc) is 2.27. The molecule has 0 aromatic heterocycles. The largest absolute Gasteiger partial charge is 0.446 e. The highest BCUT2D eigenvalue weighted by molar-refractivity contribution is 7.87. The van der Waals surface area contributed by atoms with Gasteiger partial charge < -0.3 is 10.1 Å². The molecule has 8 heteroatoms. The zero-order valence-corrected chi connectivity index (χ0v) is 11.8. The first kappa shape index (κ1) is 15.2. The van der Waals surface area contributed by atoms with E-state index in [1.165, 1.54) is 11.4 Å². The van der Waals surface area contributed by atoms with E-state index in [1.807, 2.05) is 4.72 Å². The van der Waals surface area contributed by atoms with Gasteiger partial charge in [-0.15, -0.1) is 0 Å². The maximum atomic E-state index is 11.9. The number of carbonyl (C=O) groups is 1. The maximum absolute atomic E-state index is 11.9. The van der Waals surface area contributed by atoms with Crippen molar-refractivity contribution in [3.05, 3.63) is 0 Å². The van der Waals surface area contributed by atoms with Crippen LogP contribution in [0.1, 0.15) is 26.7 Å². The second kappa shape index (κ2) is 6.35. The molecule has 1 saturated heterocycles. The van der Waals surface area contributed by atoms with Crippen molar-refractivity contribution >= 4 is 16.3 Å². The van der Waals surface area contributed by atoms with Crippen molar-refractivity contribution in [2.45, 2.75) is 38.8 Å². The number of nitrogens with zero attached hydrogens (tertiary/aromatic N) is 1. The summed E-state index contributed by atoms with van der Waals surface area (Å²) in [6.45, 7) is 4.80. The molecule has 1 rings (SSSR count). The molecule has 1 heterocycles. The molecular formula is C10H21N3O4S. The third-order valence-electron chi connectivity index (χ3n) is 2.72. The summed E-state index contributed by atoms with van der Waals surface area (Å²) >= 11 is 0. The van der Waals surface area contributed by atoms with Crippen molar-refractivity contribution < 1.29 is 17.9 Å². The van der Waals surface area contributed by atoms with E-state index in [1.54, 1.807) is 13.8 Å². The maximum Gasteiger partial charge on any atom is 0.422 e. The monoisotopic (exact) mass is 279 g/mol. The molecule has 0 aromatic rings. The van der Waals surface area contributed by atoms with Gasteiger partial charge in [-0.1, -0.05) is 0 Å². The first-order valence-electron chi connectivity index (χ1n) is 6.00. The highest BCUT2D eigenvalue weighted by Crippen LogP contribution is 2.11. The first-order valence-corrected chi connectivity index (χ1v) is 7.44. The Morgan fingerprint density at radius 2 is 2.17 bits per heavy atom. The van der Waals surface area contributed by atoms with Gasteiger partial charge in [-0.3, -0.25) is 0 Å². The van der Waals surface area contributed by atoms with Gasteiger partial charge in [0.15, 0.2) is 0 Å². The predicted octanol–water partition coefficient (Wildman–Crippen LogP) is 0.0496. The van der Waals surface area contributed by atoms with Crippen molar-refractivity contribution in [2.75, 3.05) is 20.1 Å². The van der Waals surface area contributed by atoms with Gasteiger partial charge in [0.2, 0.25) is 0 Å². The number of ether oxygens (including phenoxy) is 1. The molecule has 106 valence electrons. The average molecular weight is 279 g/mol. The summed E-state index contributed by atoms with van der Waals surface area (Å²) in [5.74, 6) is 0. The predicted molar refractivity (Wildman–Crippen MR) is 67.3 cm³/mol. The van der Waals surface area contributed by atoms with Crippen molar-refractivity contribution in [1.29, 1.82) is 0 Å². The second-order valence-electron chi connectivity index (χ2n) is 4.58. The lowest BCUT2D eigenvalue weighted by Crippen LogP contribution is -2.51. The Labute approximate surface area is 108 Å². The molecule has 2 N–H and O–H groups in total. The summed E-state index contributed by atoms with van der Waals surface area (Å²) in [5, 5.41) is 3.12. The third-order valence-corrected chi connectivity index (χ3v) is 4.20. The van der Waals surface area contributed by atoms with Gasteiger partial charge in [0.1, 0.15) is 0 Å².